The summed E-state index contributed by atoms with van der Waals surface area (Å²) < 4.78 is 40.5. The SMILES string of the molecule is FC(F)(F)c1cccc(-c2ncccc2-c2cnc3ncnn3c2)c1. The average molecular weight is 341 g/mol. The lowest BCUT2D eigenvalue weighted by Gasteiger charge is -2.11. The van der Waals surface area contributed by atoms with Gasteiger partial charge in [0.1, 0.15) is 6.33 Å². The predicted octanol–water partition coefficient (Wildman–Crippen LogP) is 3.87. The lowest BCUT2D eigenvalue weighted by molar-refractivity contribution is -0.137. The smallest absolute Gasteiger partial charge is 0.256 e. The average Bonchev–Trinajstić information content (AvgIpc) is 3.09. The van der Waals surface area contributed by atoms with Crippen LogP contribution in [0.2, 0.25) is 0 Å². The van der Waals surface area contributed by atoms with E-state index in [1.807, 2.05) is 0 Å². The van der Waals surface area contributed by atoms with Gasteiger partial charge in [0, 0.05) is 35.3 Å². The molecule has 0 saturated heterocycles. The second-order valence-electron chi connectivity index (χ2n) is 5.33. The molecule has 0 spiro atoms. The number of nitrogens with zero attached hydrogens (tertiary/aromatic N) is 5. The largest absolute Gasteiger partial charge is 0.416 e. The van der Waals surface area contributed by atoms with Crippen LogP contribution in [0.1, 0.15) is 5.56 Å². The topological polar surface area (TPSA) is 56.0 Å². The van der Waals surface area contributed by atoms with Crippen molar-refractivity contribution in [2.24, 2.45) is 0 Å². The molecule has 124 valence electrons. The molecule has 0 amide bonds. The van der Waals surface area contributed by atoms with Crippen molar-refractivity contribution in [1.82, 2.24) is 24.6 Å². The minimum atomic E-state index is -4.41. The molecule has 4 rings (SSSR count). The van der Waals surface area contributed by atoms with E-state index in [2.05, 4.69) is 20.1 Å². The number of hydrogen-bond acceptors (Lipinski definition) is 4. The summed E-state index contributed by atoms with van der Waals surface area (Å²) in [6.07, 6.45) is 1.82. The molecule has 0 atom stereocenters. The van der Waals surface area contributed by atoms with E-state index in [1.54, 1.807) is 36.8 Å². The van der Waals surface area contributed by atoms with Crippen molar-refractivity contribution in [3.63, 3.8) is 0 Å². The summed E-state index contributed by atoms with van der Waals surface area (Å²) in [6.45, 7) is 0. The zero-order chi connectivity index (χ0) is 17.4. The van der Waals surface area contributed by atoms with Crippen LogP contribution >= 0.6 is 0 Å². The molecule has 4 aromatic rings. The number of pyridine rings is 1. The molecule has 1 aromatic carbocycles. The van der Waals surface area contributed by atoms with Crippen molar-refractivity contribution < 1.29 is 13.2 Å². The van der Waals surface area contributed by atoms with Gasteiger partial charge in [0.05, 0.1) is 11.3 Å². The second kappa shape index (κ2) is 5.66. The third-order valence-corrected chi connectivity index (χ3v) is 3.72. The maximum atomic E-state index is 13.0. The minimum Gasteiger partial charge on any atom is -0.256 e. The number of alkyl halides is 3. The summed E-state index contributed by atoms with van der Waals surface area (Å²) in [5.41, 5.74) is 1.44. The molecule has 0 unspecified atom stereocenters. The van der Waals surface area contributed by atoms with Crippen LogP contribution in [0.4, 0.5) is 13.2 Å². The Kier molecular flexibility index (Phi) is 3.45. The fourth-order valence-electron chi connectivity index (χ4n) is 2.57. The minimum absolute atomic E-state index is 0.379. The molecule has 0 saturated carbocycles. The second-order valence-corrected chi connectivity index (χ2v) is 5.33. The quantitative estimate of drug-likeness (QED) is 0.555. The molecule has 0 radical (unpaired) electrons. The summed E-state index contributed by atoms with van der Waals surface area (Å²) in [7, 11) is 0. The highest BCUT2D eigenvalue weighted by Crippen LogP contribution is 2.34. The standard InChI is InChI=1S/C17H10F3N5/c18-17(19,20)13-4-1-3-11(7-13)15-14(5-2-6-21-15)12-8-22-16-23-10-24-25(16)9-12/h1-10H. The Balaban J connectivity index is 1.87. The Morgan fingerprint density at radius 1 is 0.920 bits per heavy atom. The summed E-state index contributed by atoms with van der Waals surface area (Å²) in [4.78, 5) is 12.4. The van der Waals surface area contributed by atoms with E-state index in [-0.39, 0.29) is 0 Å². The predicted molar refractivity (Wildman–Crippen MR) is 84.5 cm³/mol. The fourth-order valence-corrected chi connectivity index (χ4v) is 2.57. The Morgan fingerprint density at radius 2 is 1.80 bits per heavy atom. The zero-order valence-electron chi connectivity index (χ0n) is 12.6. The number of hydrogen-bond donors (Lipinski definition) is 0. The zero-order valence-corrected chi connectivity index (χ0v) is 12.6. The van der Waals surface area contributed by atoms with Gasteiger partial charge in [-0.25, -0.2) is 9.50 Å². The molecule has 3 aromatic heterocycles. The van der Waals surface area contributed by atoms with E-state index < -0.39 is 11.7 Å². The highest BCUT2D eigenvalue weighted by Gasteiger charge is 2.30. The van der Waals surface area contributed by atoms with E-state index in [0.717, 1.165) is 12.1 Å². The molecule has 0 aliphatic rings. The van der Waals surface area contributed by atoms with Gasteiger partial charge >= 0.3 is 6.18 Å². The van der Waals surface area contributed by atoms with Gasteiger partial charge in [-0.2, -0.15) is 23.3 Å². The molecule has 0 bridgehead atoms. The molecule has 0 aliphatic heterocycles. The molecular formula is C17H10F3N5. The van der Waals surface area contributed by atoms with Crippen LogP contribution in [0.15, 0.2) is 61.3 Å². The number of fused-ring (bicyclic) bond motifs is 1. The van der Waals surface area contributed by atoms with E-state index in [0.29, 0.717) is 28.2 Å². The third-order valence-electron chi connectivity index (χ3n) is 3.72. The lowest BCUT2D eigenvalue weighted by Crippen LogP contribution is -2.04. The van der Waals surface area contributed by atoms with Crippen molar-refractivity contribution >= 4 is 5.78 Å². The molecule has 0 aliphatic carbocycles. The van der Waals surface area contributed by atoms with Crippen LogP contribution in [-0.2, 0) is 6.18 Å². The molecular weight excluding hydrogens is 331 g/mol. The molecule has 5 nitrogen and oxygen atoms in total. The van der Waals surface area contributed by atoms with E-state index in [1.165, 1.54) is 16.9 Å². The third kappa shape index (κ3) is 2.82. The van der Waals surface area contributed by atoms with Gasteiger partial charge in [0.25, 0.3) is 5.78 Å². The first-order valence-electron chi connectivity index (χ1n) is 7.31. The number of benzene rings is 1. The van der Waals surface area contributed by atoms with Gasteiger partial charge < -0.3 is 0 Å². The first kappa shape index (κ1) is 15.3. The van der Waals surface area contributed by atoms with Crippen molar-refractivity contribution in [3.8, 4) is 22.4 Å². The fraction of sp³-hybridized carbons (Fsp3) is 0.0588. The Hall–Kier alpha value is -3.29. The lowest BCUT2D eigenvalue weighted by atomic mass is 10.00. The van der Waals surface area contributed by atoms with Crippen molar-refractivity contribution in [2.45, 2.75) is 6.18 Å². The maximum Gasteiger partial charge on any atom is 0.416 e. The molecule has 0 fully saturated rings. The van der Waals surface area contributed by atoms with Crippen molar-refractivity contribution in [3.05, 3.63) is 66.9 Å². The van der Waals surface area contributed by atoms with Crippen LogP contribution in [-0.4, -0.2) is 24.6 Å². The van der Waals surface area contributed by atoms with E-state index in [4.69, 9.17) is 0 Å². The number of rotatable bonds is 2. The van der Waals surface area contributed by atoms with Gasteiger partial charge in [-0.1, -0.05) is 18.2 Å². The molecule has 3 heterocycles. The Labute approximate surface area is 139 Å². The van der Waals surface area contributed by atoms with Crippen LogP contribution < -0.4 is 0 Å². The summed E-state index contributed by atoms with van der Waals surface area (Å²) >= 11 is 0. The number of halogens is 3. The van der Waals surface area contributed by atoms with Crippen LogP contribution in [0.3, 0.4) is 0 Å². The van der Waals surface area contributed by atoms with Crippen LogP contribution in [0, 0.1) is 0 Å². The van der Waals surface area contributed by atoms with E-state index in [9.17, 15) is 13.2 Å². The molecule has 25 heavy (non-hydrogen) atoms. The maximum absolute atomic E-state index is 13.0. The first-order chi connectivity index (χ1) is 12.0. The molecule has 8 heteroatoms. The Bertz CT molecular complexity index is 1060. The van der Waals surface area contributed by atoms with Gasteiger partial charge in [0.15, 0.2) is 0 Å². The summed E-state index contributed by atoms with van der Waals surface area (Å²) in [6, 6.07) is 8.60. The van der Waals surface area contributed by atoms with Gasteiger partial charge in [-0.05, 0) is 18.2 Å². The normalized spacial score (nSPS) is 11.8. The monoisotopic (exact) mass is 341 g/mol. The highest BCUT2D eigenvalue weighted by molar-refractivity contribution is 5.80. The van der Waals surface area contributed by atoms with Crippen molar-refractivity contribution in [2.75, 3.05) is 0 Å². The van der Waals surface area contributed by atoms with Gasteiger partial charge in [0.2, 0.25) is 0 Å². The van der Waals surface area contributed by atoms with E-state index >= 15 is 0 Å². The highest BCUT2D eigenvalue weighted by atomic mass is 19.4. The summed E-state index contributed by atoms with van der Waals surface area (Å²) in [5.74, 6) is 0.438. The number of aromatic nitrogens is 5. The Morgan fingerprint density at radius 3 is 2.64 bits per heavy atom. The summed E-state index contributed by atoms with van der Waals surface area (Å²) in [5, 5.41) is 4.03. The van der Waals surface area contributed by atoms with Crippen molar-refractivity contribution in [1.29, 1.82) is 0 Å². The molecule has 0 N–H and O–H groups in total. The van der Waals surface area contributed by atoms with Crippen LogP contribution in [0.5, 0.6) is 0 Å². The van der Waals surface area contributed by atoms with Gasteiger partial charge in [-0.3, -0.25) is 4.98 Å². The first-order valence-corrected chi connectivity index (χ1v) is 7.31. The van der Waals surface area contributed by atoms with Crippen LogP contribution in [0.25, 0.3) is 28.2 Å². The van der Waals surface area contributed by atoms with Gasteiger partial charge in [-0.15, -0.1) is 0 Å².